The van der Waals surface area contributed by atoms with E-state index in [4.69, 9.17) is 16.3 Å². The Morgan fingerprint density at radius 1 is 1.56 bits per heavy atom. The first kappa shape index (κ1) is 12.6. The van der Waals surface area contributed by atoms with Crippen LogP contribution in [0, 0.1) is 0 Å². The molecule has 0 aliphatic carbocycles. The van der Waals surface area contributed by atoms with Crippen molar-refractivity contribution in [1.29, 1.82) is 0 Å². The molecule has 0 amide bonds. The van der Waals surface area contributed by atoms with Crippen molar-refractivity contribution in [3.8, 4) is 0 Å². The Bertz CT molecular complexity index is 385. The lowest BCUT2D eigenvalue weighted by Gasteiger charge is -2.21. The maximum absolute atomic E-state index is 6.06. The fourth-order valence-corrected chi connectivity index (χ4v) is 2.99. The summed E-state index contributed by atoms with van der Waals surface area (Å²) in [5.74, 6) is 2.65. The molecule has 1 unspecified atom stereocenters. The molecule has 88 valence electrons. The summed E-state index contributed by atoms with van der Waals surface area (Å²) in [6.45, 7) is 2.80. The fraction of sp³-hybridized carbons (Fsp3) is 0.600. The average Bonchev–Trinajstić information content (AvgIpc) is 2.33. The molecule has 1 aliphatic heterocycles. The smallest absolute Gasteiger partial charge is 0.160 e. The van der Waals surface area contributed by atoms with Gasteiger partial charge in [-0.05, 0) is 22.4 Å². The van der Waals surface area contributed by atoms with Gasteiger partial charge in [-0.2, -0.15) is 11.8 Å². The van der Waals surface area contributed by atoms with E-state index < -0.39 is 0 Å². The number of nitrogens with zero attached hydrogens (tertiary/aromatic N) is 2. The second kappa shape index (κ2) is 5.67. The Hall–Kier alpha value is 0.160. The van der Waals surface area contributed by atoms with E-state index >= 15 is 0 Å². The van der Waals surface area contributed by atoms with Crippen LogP contribution < -0.4 is 0 Å². The average molecular weight is 324 g/mol. The third-order valence-electron chi connectivity index (χ3n) is 2.34. The molecule has 0 bridgehead atoms. The van der Waals surface area contributed by atoms with Crippen molar-refractivity contribution in [1.82, 2.24) is 9.97 Å². The summed E-state index contributed by atoms with van der Waals surface area (Å²) < 4.78 is 6.43. The predicted molar refractivity (Wildman–Crippen MR) is 70.1 cm³/mol. The largest absolute Gasteiger partial charge is 0.368 e. The van der Waals surface area contributed by atoms with Gasteiger partial charge in [0.15, 0.2) is 5.82 Å². The summed E-state index contributed by atoms with van der Waals surface area (Å²) in [5.41, 5.74) is 0.939. The van der Waals surface area contributed by atoms with Crippen LogP contribution in [0.1, 0.15) is 24.5 Å². The summed E-state index contributed by atoms with van der Waals surface area (Å²) in [6, 6.07) is 0. The van der Waals surface area contributed by atoms with Crippen molar-refractivity contribution in [3.05, 3.63) is 21.1 Å². The van der Waals surface area contributed by atoms with Crippen molar-refractivity contribution in [3.63, 3.8) is 0 Å². The molecule has 1 aromatic rings. The summed E-state index contributed by atoms with van der Waals surface area (Å²) in [4.78, 5) is 8.77. The minimum atomic E-state index is -0.0188. The highest BCUT2D eigenvalue weighted by molar-refractivity contribution is 9.10. The Kier molecular flexibility index (Phi) is 4.47. The number of hydrogen-bond donors (Lipinski definition) is 0. The SMILES string of the molecule is CCc1nc(C2CSCCO2)nc(Cl)c1Br. The number of ether oxygens (including phenoxy) is 1. The van der Waals surface area contributed by atoms with Gasteiger partial charge in [0.1, 0.15) is 11.3 Å². The van der Waals surface area contributed by atoms with E-state index in [1.54, 1.807) is 0 Å². The molecule has 16 heavy (non-hydrogen) atoms. The molecular weight excluding hydrogens is 312 g/mol. The van der Waals surface area contributed by atoms with Crippen LogP contribution >= 0.6 is 39.3 Å². The zero-order chi connectivity index (χ0) is 11.5. The first-order chi connectivity index (χ1) is 7.72. The van der Waals surface area contributed by atoms with Gasteiger partial charge < -0.3 is 4.74 Å². The van der Waals surface area contributed by atoms with Gasteiger partial charge in [0, 0.05) is 11.5 Å². The fourth-order valence-electron chi connectivity index (χ4n) is 1.50. The van der Waals surface area contributed by atoms with Gasteiger partial charge in [-0.3, -0.25) is 0 Å². The predicted octanol–water partition coefficient (Wildman–Crippen LogP) is 3.26. The van der Waals surface area contributed by atoms with Crippen molar-refractivity contribution < 1.29 is 4.74 Å². The van der Waals surface area contributed by atoms with E-state index in [0.717, 1.165) is 34.7 Å². The van der Waals surface area contributed by atoms with Crippen LogP contribution in [-0.2, 0) is 11.2 Å². The molecule has 1 aromatic heterocycles. The second-order valence-electron chi connectivity index (χ2n) is 3.42. The summed E-state index contributed by atoms with van der Waals surface area (Å²) in [5, 5.41) is 0.473. The van der Waals surface area contributed by atoms with E-state index in [-0.39, 0.29) is 6.10 Å². The van der Waals surface area contributed by atoms with Crippen LogP contribution in [0.25, 0.3) is 0 Å². The van der Waals surface area contributed by atoms with E-state index in [2.05, 4.69) is 25.9 Å². The molecule has 2 rings (SSSR count). The molecule has 0 spiro atoms. The van der Waals surface area contributed by atoms with Crippen LogP contribution in [0.5, 0.6) is 0 Å². The molecule has 6 heteroatoms. The van der Waals surface area contributed by atoms with Gasteiger partial charge in [0.2, 0.25) is 0 Å². The topological polar surface area (TPSA) is 35.0 Å². The molecule has 0 saturated carbocycles. The van der Waals surface area contributed by atoms with Gasteiger partial charge >= 0.3 is 0 Å². The summed E-state index contributed by atoms with van der Waals surface area (Å²) >= 11 is 11.3. The molecule has 0 N–H and O–H groups in total. The van der Waals surface area contributed by atoms with Crippen molar-refractivity contribution in [2.75, 3.05) is 18.1 Å². The lowest BCUT2D eigenvalue weighted by molar-refractivity contribution is 0.0692. The molecule has 1 aliphatic rings. The molecule has 0 radical (unpaired) electrons. The Morgan fingerprint density at radius 2 is 2.38 bits per heavy atom. The van der Waals surface area contributed by atoms with Crippen LogP contribution in [0.3, 0.4) is 0 Å². The minimum Gasteiger partial charge on any atom is -0.368 e. The third-order valence-corrected chi connectivity index (χ3v) is 4.66. The Morgan fingerprint density at radius 3 is 3.00 bits per heavy atom. The number of thioether (sulfide) groups is 1. The lowest BCUT2D eigenvalue weighted by atomic mass is 10.3. The van der Waals surface area contributed by atoms with Gasteiger partial charge in [-0.1, -0.05) is 18.5 Å². The van der Waals surface area contributed by atoms with Crippen LogP contribution in [0.15, 0.2) is 4.47 Å². The molecule has 1 saturated heterocycles. The van der Waals surface area contributed by atoms with E-state index in [9.17, 15) is 0 Å². The van der Waals surface area contributed by atoms with Crippen LogP contribution in [-0.4, -0.2) is 28.1 Å². The molecule has 1 atom stereocenters. The van der Waals surface area contributed by atoms with Gasteiger partial charge in [-0.25, -0.2) is 9.97 Å². The van der Waals surface area contributed by atoms with E-state index in [1.165, 1.54) is 0 Å². The zero-order valence-electron chi connectivity index (χ0n) is 8.87. The van der Waals surface area contributed by atoms with Gasteiger partial charge in [0.25, 0.3) is 0 Å². The number of halogens is 2. The number of aryl methyl sites for hydroxylation is 1. The van der Waals surface area contributed by atoms with Gasteiger partial charge in [-0.15, -0.1) is 0 Å². The number of aromatic nitrogens is 2. The van der Waals surface area contributed by atoms with E-state index in [1.807, 2.05) is 18.7 Å². The monoisotopic (exact) mass is 322 g/mol. The van der Waals surface area contributed by atoms with Crippen molar-refractivity contribution in [2.24, 2.45) is 0 Å². The molecule has 3 nitrogen and oxygen atoms in total. The second-order valence-corrected chi connectivity index (χ2v) is 5.72. The highest BCUT2D eigenvalue weighted by atomic mass is 79.9. The quantitative estimate of drug-likeness (QED) is 0.783. The van der Waals surface area contributed by atoms with Gasteiger partial charge in [0.05, 0.1) is 16.8 Å². The van der Waals surface area contributed by atoms with Crippen LogP contribution in [0.4, 0.5) is 0 Å². The van der Waals surface area contributed by atoms with Crippen molar-refractivity contribution >= 4 is 39.3 Å². The number of hydrogen-bond acceptors (Lipinski definition) is 4. The molecule has 2 heterocycles. The standard InChI is InChI=1S/C10H12BrClN2OS/c1-2-6-8(11)9(12)14-10(13-6)7-5-16-4-3-15-7/h7H,2-5H2,1H3. The highest BCUT2D eigenvalue weighted by Crippen LogP contribution is 2.29. The summed E-state index contributed by atoms with van der Waals surface area (Å²) in [7, 11) is 0. The molecule has 0 aromatic carbocycles. The highest BCUT2D eigenvalue weighted by Gasteiger charge is 2.21. The first-order valence-corrected chi connectivity index (χ1v) is 7.46. The van der Waals surface area contributed by atoms with Crippen molar-refractivity contribution in [2.45, 2.75) is 19.4 Å². The third kappa shape index (κ3) is 2.70. The maximum Gasteiger partial charge on any atom is 0.160 e. The molecule has 1 fully saturated rings. The normalized spacial score (nSPS) is 21.1. The minimum absolute atomic E-state index is 0.0188. The zero-order valence-corrected chi connectivity index (χ0v) is 12.0. The first-order valence-electron chi connectivity index (χ1n) is 5.13. The lowest BCUT2D eigenvalue weighted by Crippen LogP contribution is -2.19. The van der Waals surface area contributed by atoms with E-state index in [0.29, 0.717) is 11.0 Å². The Balaban J connectivity index is 2.29. The summed E-state index contributed by atoms with van der Waals surface area (Å²) in [6.07, 6.45) is 0.810. The Labute approximate surface area is 112 Å². The maximum atomic E-state index is 6.06. The van der Waals surface area contributed by atoms with Crippen LogP contribution in [0.2, 0.25) is 5.15 Å². The molecular formula is C10H12BrClN2OS. The number of rotatable bonds is 2.